The fourth-order valence-corrected chi connectivity index (χ4v) is 6.09. The first-order chi connectivity index (χ1) is 18.7. The van der Waals surface area contributed by atoms with E-state index in [2.05, 4.69) is 16.5 Å². The maximum Gasteiger partial charge on any atom is 0.246 e. The number of aromatic nitrogens is 4. The molecular weight excluding hydrogens is 521 g/mol. The van der Waals surface area contributed by atoms with Crippen molar-refractivity contribution in [3.05, 3.63) is 78.9 Å². The zero-order chi connectivity index (χ0) is 27.7. The number of carbonyl (C=O) groups excluding carboxylic acids is 1. The number of anilines is 1. The third-order valence-electron chi connectivity index (χ3n) is 6.90. The molecular formula is C27H28FN7O3S. The Morgan fingerprint density at radius 2 is 1.95 bits per heavy atom. The standard InChI is InChI=1S/C27H28FN7O3S/c1-3-23(36)34-14-6-7-20(16-34)35-27-24(26(29)30-17-31-27)25(32-35)19-12-10-18(11-13-19)15-33(2)39(37,38)22-9-5-4-8-21(22)28/h3-5,8-13,17,20H,1,6-7,14-16H2,2H3,(H2,29,30,31)/t20-/m1/s1. The van der Waals surface area contributed by atoms with E-state index in [0.29, 0.717) is 35.4 Å². The summed E-state index contributed by atoms with van der Waals surface area (Å²) in [6.45, 7) is 4.78. The summed E-state index contributed by atoms with van der Waals surface area (Å²) in [5, 5.41) is 5.47. The molecule has 1 aliphatic heterocycles. The molecule has 1 fully saturated rings. The number of piperidine rings is 1. The number of likely N-dealkylation sites (tertiary alicyclic amines) is 1. The zero-order valence-corrected chi connectivity index (χ0v) is 22.2. The third-order valence-corrected chi connectivity index (χ3v) is 8.74. The molecule has 2 N–H and O–H groups in total. The van der Waals surface area contributed by atoms with Crippen LogP contribution in [0, 0.1) is 5.82 Å². The highest BCUT2D eigenvalue weighted by Gasteiger charge is 2.28. The van der Waals surface area contributed by atoms with E-state index in [4.69, 9.17) is 10.8 Å². The molecule has 0 unspecified atom stereocenters. The van der Waals surface area contributed by atoms with Crippen LogP contribution < -0.4 is 5.73 Å². The molecule has 5 rings (SSSR count). The van der Waals surface area contributed by atoms with Gasteiger partial charge in [-0.2, -0.15) is 9.40 Å². The number of hydrogen-bond donors (Lipinski definition) is 1. The first-order valence-corrected chi connectivity index (χ1v) is 13.8. The summed E-state index contributed by atoms with van der Waals surface area (Å²) in [5.41, 5.74) is 8.89. The van der Waals surface area contributed by atoms with Crippen molar-refractivity contribution in [2.45, 2.75) is 30.3 Å². The number of rotatable bonds is 7. The zero-order valence-electron chi connectivity index (χ0n) is 21.4. The van der Waals surface area contributed by atoms with Gasteiger partial charge in [0.05, 0.1) is 11.4 Å². The molecule has 10 nitrogen and oxygen atoms in total. The van der Waals surface area contributed by atoms with Gasteiger partial charge in [-0.05, 0) is 36.6 Å². The van der Waals surface area contributed by atoms with Crippen molar-refractivity contribution in [1.82, 2.24) is 29.0 Å². The van der Waals surface area contributed by atoms with Gasteiger partial charge >= 0.3 is 0 Å². The smallest absolute Gasteiger partial charge is 0.246 e. The summed E-state index contributed by atoms with van der Waals surface area (Å²) in [5.74, 6) is -0.629. The highest BCUT2D eigenvalue weighted by molar-refractivity contribution is 7.89. The summed E-state index contributed by atoms with van der Waals surface area (Å²) in [7, 11) is -2.60. The minimum absolute atomic E-state index is 0.0482. The lowest BCUT2D eigenvalue weighted by atomic mass is 10.1. The van der Waals surface area contributed by atoms with E-state index in [-0.39, 0.29) is 29.2 Å². The van der Waals surface area contributed by atoms with Crippen LogP contribution in [0.2, 0.25) is 0 Å². The van der Waals surface area contributed by atoms with Crippen molar-refractivity contribution in [1.29, 1.82) is 0 Å². The van der Waals surface area contributed by atoms with Gasteiger partial charge in [-0.3, -0.25) is 4.79 Å². The minimum atomic E-state index is -4.01. The maximum atomic E-state index is 14.1. The maximum absolute atomic E-state index is 14.1. The van der Waals surface area contributed by atoms with E-state index < -0.39 is 15.8 Å². The van der Waals surface area contributed by atoms with Crippen LogP contribution in [0.1, 0.15) is 24.4 Å². The Kier molecular flexibility index (Phi) is 7.15. The van der Waals surface area contributed by atoms with Crippen LogP contribution in [0.15, 0.2) is 72.4 Å². The Hall–Kier alpha value is -4.16. The number of amides is 1. The minimum Gasteiger partial charge on any atom is -0.383 e. The monoisotopic (exact) mass is 549 g/mol. The van der Waals surface area contributed by atoms with Gasteiger partial charge in [-0.25, -0.2) is 27.5 Å². The topological polar surface area (TPSA) is 127 Å². The summed E-state index contributed by atoms with van der Waals surface area (Å²) in [6, 6.07) is 12.4. The highest BCUT2D eigenvalue weighted by atomic mass is 32.2. The number of sulfonamides is 1. The summed E-state index contributed by atoms with van der Waals surface area (Å²) in [6.07, 6.45) is 4.35. The second kappa shape index (κ2) is 10.5. The summed E-state index contributed by atoms with van der Waals surface area (Å²) < 4.78 is 42.8. The second-order valence-corrected chi connectivity index (χ2v) is 11.4. The lowest BCUT2D eigenvalue weighted by Crippen LogP contribution is -2.40. The van der Waals surface area contributed by atoms with E-state index in [9.17, 15) is 17.6 Å². The van der Waals surface area contributed by atoms with Crippen LogP contribution in [-0.2, 0) is 21.4 Å². The van der Waals surface area contributed by atoms with Gasteiger partial charge in [0.1, 0.15) is 28.6 Å². The summed E-state index contributed by atoms with van der Waals surface area (Å²) >= 11 is 0. The van der Waals surface area contributed by atoms with Gasteiger partial charge in [-0.15, -0.1) is 0 Å². The predicted octanol–water partition coefficient (Wildman–Crippen LogP) is 3.38. The number of nitrogens with zero attached hydrogens (tertiary/aromatic N) is 6. The van der Waals surface area contributed by atoms with Crippen molar-refractivity contribution in [3.63, 3.8) is 0 Å². The molecule has 1 saturated heterocycles. The molecule has 0 aliphatic carbocycles. The predicted molar refractivity (Wildman–Crippen MR) is 145 cm³/mol. The highest BCUT2D eigenvalue weighted by Crippen LogP contribution is 2.34. The lowest BCUT2D eigenvalue weighted by molar-refractivity contribution is -0.127. The number of halogens is 1. The molecule has 0 saturated carbocycles. The largest absolute Gasteiger partial charge is 0.383 e. The van der Waals surface area contributed by atoms with Gasteiger partial charge in [0.25, 0.3) is 0 Å². The first-order valence-electron chi connectivity index (χ1n) is 12.4. The van der Waals surface area contributed by atoms with Crippen LogP contribution in [0.4, 0.5) is 10.2 Å². The molecule has 0 bridgehead atoms. The van der Waals surface area contributed by atoms with Crippen LogP contribution in [-0.4, -0.2) is 63.4 Å². The average molecular weight is 550 g/mol. The first kappa shape index (κ1) is 26.4. The molecule has 2 aromatic carbocycles. The quantitative estimate of drug-likeness (QED) is 0.350. The third kappa shape index (κ3) is 5.00. The molecule has 1 amide bonds. The van der Waals surface area contributed by atoms with Crippen LogP contribution in [0.5, 0.6) is 0 Å². The van der Waals surface area contributed by atoms with Gasteiger partial charge in [0.15, 0.2) is 5.65 Å². The molecule has 39 heavy (non-hydrogen) atoms. The van der Waals surface area contributed by atoms with Crippen molar-refractivity contribution < 1.29 is 17.6 Å². The molecule has 1 aliphatic rings. The Bertz CT molecular complexity index is 1650. The molecule has 4 aromatic rings. The molecule has 3 heterocycles. The van der Waals surface area contributed by atoms with E-state index in [1.54, 1.807) is 17.0 Å². The van der Waals surface area contributed by atoms with Crippen molar-refractivity contribution >= 4 is 32.8 Å². The van der Waals surface area contributed by atoms with E-state index in [1.807, 2.05) is 16.8 Å². The molecule has 0 radical (unpaired) electrons. The molecule has 0 spiro atoms. The number of nitrogens with two attached hydrogens (primary N) is 1. The molecule has 1 atom stereocenters. The second-order valence-electron chi connectivity index (χ2n) is 9.42. The van der Waals surface area contributed by atoms with Crippen molar-refractivity contribution in [2.24, 2.45) is 0 Å². The van der Waals surface area contributed by atoms with Gasteiger partial charge in [0.2, 0.25) is 15.9 Å². The van der Waals surface area contributed by atoms with Gasteiger partial charge < -0.3 is 10.6 Å². The number of fused-ring (bicyclic) bond motifs is 1. The van der Waals surface area contributed by atoms with Crippen LogP contribution >= 0.6 is 0 Å². The van der Waals surface area contributed by atoms with Gasteiger partial charge in [-0.1, -0.05) is 43.0 Å². The van der Waals surface area contributed by atoms with E-state index in [0.717, 1.165) is 28.8 Å². The lowest BCUT2D eigenvalue weighted by Gasteiger charge is -2.32. The van der Waals surface area contributed by atoms with E-state index in [1.165, 1.54) is 37.7 Å². The Labute approximate surface area is 225 Å². The number of benzene rings is 2. The fourth-order valence-electron chi connectivity index (χ4n) is 4.87. The molecule has 12 heteroatoms. The summed E-state index contributed by atoms with van der Waals surface area (Å²) in [4.78, 5) is 22.2. The van der Waals surface area contributed by atoms with Crippen molar-refractivity contribution in [2.75, 3.05) is 25.9 Å². The Morgan fingerprint density at radius 1 is 1.21 bits per heavy atom. The Balaban J connectivity index is 1.44. The number of hydrogen-bond acceptors (Lipinski definition) is 7. The van der Waals surface area contributed by atoms with Crippen LogP contribution in [0.25, 0.3) is 22.3 Å². The fraction of sp³-hybridized carbons (Fsp3) is 0.259. The Morgan fingerprint density at radius 3 is 2.67 bits per heavy atom. The SMILES string of the molecule is C=CC(=O)N1CCC[C@@H](n2nc(-c3ccc(CN(C)S(=O)(=O)c4ccccc4F)cc3)c3c(N)ncnc32)C1. The van der Waals surface area contributed by atoms with Crippen molar-refractivity contribution in [3.8, 4) is 11.3 Å². The van der Waals surface area contributed by atoms with Gasteiger partial charge in [0, 0.05) is 32.2 Å². The van der Waals surface area contributed by atoms with Crippen LogP contribution in [0.3, 0.4) is 0 Å². The number of nitrogen functional groups attached to an aromatic ring is 1. The molecule has 202 valence electrons. The van der Waals surface area contributed by atoms with E-state index >= 15 is 0 Å². The average Bonchev–Trinajstić information content (AvgIpc) is 3.34. The normalized spacial score (nSPS) is 16.1. The molecule has 2 aromatic heterocycles. The number of carbonyl (C=O) groups is 1.